The summed E-state index contributed by atoms with van der Waals surface area (Å²) in [6.45, 7) is 9.45. The fourth-order valence-corrected chi connectivity index (χ4v) is 3.60. The number of aryl methyl sites for hydroxylation is 1. The Morgan fingerprint density at radius 1 is 1.23 bits per heavy atom. The lowest BCUT2D eigenvalue weighted by Gasteiger charge is -2.06. The standard InChI is InChI=1S/C18H24N2O2/c1-5-20-12(3)15(9-18(21)22-6-2)16-7-13-10-19(4)11-14(13)8-17(16)20/h7-8H,5-6,9-11H2,1-4H3. The van der Waals surface area contributed by atoms with Gasteiger partial charge in [0.2, 0.25) is 0 Å². The van der Waals surface area contributed by atoms with Gasteiger partial charge in [-0.2, -0.15) is 0 Å². The maximum absolute atomic E-state index is 12.0. The molecule has 1 aliphatic heterocycles. The molecule has 4 nitrogen and oxygen atoms in total. The Kier molecular flexibility index (Phi) is 3.96. The van der Waals surface area contributed by atoms with Crippen molar-refractivity contribution in [3.63, 3.8) is 0 Å². The number of hydrogen-bond donors (Lipinski definition) is 0. The van der Waals surface area contributed by atoms with Crippen LogP contribution < -0.4 is 0 Å². The fraction of sp³-hybridized carbons (Fsp3) is 0.500. The van der Waals surface area contributed by atoms with Crippen molar-refractivity contribution in [3.05, 3.63) is 34.5 Å². The summed E-state index contributed by atoms with van der Waals surface area (Å²) in [7, 11) is 2.14. The number of nitrogens with zero attached hydrogens (tertiary/aromatic N) is 2. The van der Waals surface area contributed by atoms with Gasteiger partial charge in [-0.15, -0.1) is 0 Å². The number of hydrogen-bond acceptors (Lipinski definition) is 3. The summed E-state index contributed by atoms with van der Waals surface area (Å²) in [4.78, 5) is 14.3. The quantitative estimate of drug-likeness (QED) is 0.814. The molecular weight excluding hydrogens is 276 g/mol. The number of fused-ring (bicyclic) bond motifs is 2. The fourth-order valence-electron chi connectivity index (χ4n) is 3.60. The molecule has 1 aliphatic rings. The summed E-state index contributed by atoms with van der Waals surface area (Å²) >= 11 is 0. The topological polar surface area (TPSA) is 34.5 Å². The molecule has 0 amide bonds. The average molecular weight is 300 g/mol. The minimum Gasteiger partial charge on any atom is -0.466 e. The molecule has 118 valence electrons. The highest BCUT2D eigenvalue weighted by Gasteiger charge is 2.22. The highest BCUT2D eigenvalue weighted by Crippen LogP contribution is 2.32. The molecule has 0 fully saturated rings. The minimum atomic E-state index is -0.140. The van der Waals surface area contributed by atoms with Gasteiger partial charge in [0.1, 0.15) is 0 Å². The molecule has 0 saturated heterocycles. The number of esters is 1. The first-order valence-electron chi connectivity index (χ1n) is 8.02. The number of benzene rings is 1. The van der Waals surface area contributed by atoms with E-state index in [4.69, 9.17) is 4.74 Å². The molecule has 0 N–H and O–H groups in total. The smallest absolute Gasteiger partial charge is 0.310 e. The molecule has 22 heavy (non-hydrogen) atoms. The van der Waals surface area contributed by atoms with Crippen molar-refractivity contribution in [1.29, 1.82) is 0 Å². The lowest BCUT2D eigenvalue weighted by atomic mass is 10.0. The second kappa shape index (κ2) is 5.76. The number of carbonyl (C=O) groups is 1. The van der Waals surface area contributed by atoms with Crippen molar-refractivity contribution in [3.8, 4) is 0 Å². The molecule has 2 heterocycles. The largest absolute Gasteiger partial charge is 0.466 e. The third-order valence-electron chi connectivity index (χ3n) is 4.60. The van der Waals surface area contributed by atoms with Crippen LogP contribution >= 0.6 is 0 Å². The molecule has 0 unspecified atom stereocenters. The number of carbonyl (C=O) groups excluding carboxylic acids is 1. The minimum absolute atomic E-state index is 0.140. The van der Waals surface area contributed by atoms with Crippen molar-refractivity contribution >= 4 is 16.9 Å². The van der Waals surface area contributed by atoms with E-state index >= 15 is 0 Å². The van der Waals surface area contributed by atoms with Gasteiger partial charge in [0.25, 0.3) is 0 Å². The maximum Gasteiger partial charge on any atom is 0.310 e. The summed E-state index contributed by atoms with van der Waals surface area (Å²) in [6, 6.07) is 4.58. The third-order valence-corrected chi connectivity index (χ3v) is 4.60. The molecule has 0 aliphatic carbocycles. The van der Waals surface area contributed by atoms with E-state index in [0.717, 1.165) is 25.2 Å². The molecular formula is C18H24N2O2. The van der Waals surface area contributed by atoms with E-state index in [1.165, 1.54) is 27.7 Å². The van der Waals surface area contributed by atoms with E-state index in [2.05, 4.69) is 42.5 Å². The second-order valence-electron chi connectivity index (χ2n) is 6.10. The lowest BCUT2D eigenvalue weighted by molar-refractivity contribution is -0.142. The first-order chi connectivity index (χ1) is 10.5. The lowest BCUT2D eigenvalue weighted by Crippen LogP contribution is -2.09. The zero-order chi connectivity index (χ0) is 15.9. The molecule has 0 spiro atoms. The van der Waals surface area contributed by atoms with Crippen LogP contribution in [0.4, 0.5) is 0 Å². The van der Waals surface area contributed by atoms with Crippen molar-refractivity contribution in [2.45, 2.75) is 46.8 Å². The molecule has 0 bridgehead atoms. The summed E-state index contributed by atoms with van der Waals surface area (Å²) in [5, 5.41) is 1.21. The Morgan fingerprint density at radius 3 is 2.55 bits per heavy atom. The van der Waals surface area contributed by atoms with Crippen LogP contribution in [0.5, 0.6) is 0 Å². The third kappa shape index (κ3) is 2.41. The van der Waals surface area contributed by atoms with Crippen molar-refractivity contribution in [1.82, 2.24) is 9.47 Å². The first kappa shape index (κ1) is 15.1. The van der Waals surface area contributed by atoms with Crippen molar-refractivity contribution < 1.29 is 9.53 Å². The molecule has 4 heteroatoms. The van der Waals surface area contributed by atoms with Crippen LogP contribution in [0.2, 0.25) is 0 Å². The highest BCUT2D eigenvalue weighted by molar-refractivity contribution is 5.90. The second-order valence-corrected chi connectivity index (χ2v) is 6.10. The molecule has 1 aromatic carbocycles. The van der Waals surface area contributed by atoms with Crippen LogP contribution in [0, 0.1) is 6.92 Å². The predicted octanol–water partition coefficient (Wildman–Crippen LogP) is 3.02. The van der Waals surface area contributed by atoms with Gasteiger partial charge in [-0.1, -0.05) is 0 Å². The Balaban J connectivity index is 2.13. The van der Waals surface area contributed by atoms with Gasteiger partial charge in [0.05, 0.1) is 13.0 Å². The molecule has 0 atom stereocenters. The Bertz CT molecular complexity index is 730. The van der Waals surface area contributed by atoms with E-state index in [0.29, 0.717) is 13.0 Å². The zero-order valence-electron chi connectivity index (χ0n) is 13.9. The predicted molar refractivity (Wildman–Crippen MR) is 87.9 cm³/mol. The van der Waals surface area contributed by atoms with Crippen LogP contribution in [0.25, 0.3) is 10.9 Å². The zero-order valence-corrected chi connectivity index (χ0v) is 13.9. The first-order valence-corrected chi connectivity index (χ1v) is 8.02. The van der Waals surface area contributed by atoms with E-state index in [-0.39, 0.29) is 5.97 Å². The van der Waals surface area contributed by atoms with Crippen LogP contribution in [0.15, 0.2) is 12.1 Å². The SMILES string of the molecule is CCOC(=O)Cc1c(C)n(CC)c2cc3c(cc12)CN(C)C3. The van der Waals surface area contributed by atoms with Crippen LogP contribution in [-0.4, -0.2) is 29.1 Å². The number of ether oxygens (including phenoxy) is 1. The van der Waals surface area contributed by atoms with Gasteiger partial charge in [-0.3, -0.25) is 9.69 Å². The van der Waals surface area contributed by atoms with Crippen LogP contribution in [-0.2, 0) is 35.6 Å². The van der Waals surface area contributed by atoms with Gasteiger partial charge in [-0.05, 0) is 56.6 Å². The van der Waals surface area contributed by atoms with E-state index in [9.17, 15) is 4.79 Å². The summed E-state index contributed by atoms with van der Waals surface area (Å²) in [5.41, 5.74) is 6.34. The maximum atomic E-state index is 12.0. The summed E-state index contributed by atoms with van der Waals surface area (Å²) in [5.74, 6) is -0.140. The van der Waals surface area contributed by atoms with Gasteiger partial charge < -0.3 is 9.30 Å². The van der Waals surface area contributed by atoms with E-state index < -0.39 is 0 Å². The van der Waals surface area contributed by atoms with E-state index in [1.54, 1.807) is 0 Å². The number of aromatic nitrogens is 1. The van der Waals surface area contributed by atoms with Crippen LogP contribution in [0.3, 0.4) is 0 Å². The van der Waals surface area contributed by atoms with Gasteiger partial charge >= 0.3 is 5.97 Å². The Hall–Kier alpha value is -1.81. The molecule has 2 aromatic rings. The molecule has 1 aromatic heterocycles. The highest BCUT2D eigenvalue weighted by atomic mass is 16.5. The van der Waals surface area contributed by atoms with E-state index in [1.807, 2.05) is 6.92 Å². The van der Waals surface area contributed by atoms with Crippen molar-refractivity contribution in [2.24, 2.45) is 0 Å². The monoisotopic (exact) mass is 300 g/mol. The van der Waals surface area contributed by atoms with Gasteiger partial charge in [-0.25, -0.2) is 0 Å². The Labute approximate surface area is 131 Å². The average Bonchev–Trinajstić information content (AvgIpc) is 2.94. The van der Waals surface area contributed by atoms with Crippen molar-refractivity contribution in [2.75, 3.05) is 13.7 Å². The van der Waals surface area contributed by atoms with Gasteiger partial charge in [0.15, 0.2) is 0 Å². The number of rotatable bonds is 4. The summed E-state index contributed by atoms with van der Waals surface area (Å²) in [6.07, 6.45) is 0.359. The molecule has 0 radical (unpaired) electrons. The summed E-state index contributed by atoms with van der Waals surface area (Å²) < 4.78 is 7.45. The van der Waals surface area contributed by atoms with Crippen LogP contribution in [0.1, 0.15) is 36.2 Å². The molecule has 3 rings (SSSR count). The van der Waals surface area contributed by atoms with Gasteiger partial charge in [0, 0.05) is 36.2 Å². The normalized spacial score (nSPS) is 14.5. The molecule has 0 saturated carbocycles. The Morgan fingerprint density at radius 2 is 1.91 bits per heavy atom.